The van der Waals surface area contributed by atoms with Gasteiger partial charge in [-0.2, -0.15) is 0 Å². The summed E-state index contributed by atoms with van der Waals surface area (Å²) < 4.78 is 26.1. The molecule has 0 aliphatic carbocycles. The molecule has 34 heavy (non-hydrogen) atoms. The summed E-state index contributed by atoms with van der Waals surface area (Å²) >= 11 is 5.98. The molecular formula is C25H34ClN3O4S. The van der Waals surface area contributed by atoms with Gasteiger partial charge in [-0.25, -0.2) is 8.42 Å². The van der Waals surface area contributed by atoms with Crippen LogP contribution in [0.1, 0.15) is 44.2 Å². The van der Waals surface area contributed by atoms with Crippen LogP contribution in [0, 0.1) is 6.92 Å². The van der Waals surface area contributed by atoms with Crippen LogP contribution in [-0.2, 0) is 26.2 Å². The third kappa shape index (κ3) is 8.33. The molecule has 186 valence electrons. The van der Waals surface area contributed by atoms with Crippen LogP contribution in [0.15, 0.2) is 48.5 Å². The van der Waals surface area contributed by atoms with Gasteiger partial charge in [0.25, 0.3) is 0 Å². The first-order valence-corrected chi connectivity index (χ1v) is 13.6. The Morgan fingerprint density at radius 2 is 1.79 bits per heavy atom. The van der Waals surface area contributed by atoms with E-state index < -0.39 is 16.1 Å². The monoisotopic (exact) mass is 507 g/mol. The van der Waals surface area contributed by atoms with Crippen LogP contribution >= 0.6 is 11.6 Å². The maximum Gasteiger partial charge on any atom is 0.242 e. The second-order valence-electron chi connectivity index (χ2n) is 8.39. The molecule has 0 spiro atoms. The smallest absolute Gasteiger partial charge is 0.242 e. The van der Waals surface area contributed by atoms with Gasteiger partial charge in [-0.05, 0) is 62.1 Å². The molecule has 0 aliphatic rings. The largest absolute Gasteiger partial charge is 0.354 e. The SMILES string of the molecule is CCCNC(=O)[C@@H](C)N(Cc1ccc(Cl)cc1)C(=O)CCCN(c1cccc(C)c1)S(C)(=O)=O. The van der Waals surface area contributed by atoms with Gasteiger partial charge in [0.15, 0.2) is 0 Å². The lowest BCUT2D eigenvalue weighted by molar-refractivity contribution is -0.140. The molecule has 2 amide bonds. The van der Waals surface area contributed by atoms with E-state index in [4.69, 9.17) is 11.6 Å². The lowest BCUT2D eigenvalue weighted by Gasteiger charge is -2.29. The highest BCUT2D eigenvalue weighted by Crippen LogP contribution is 2.20. The van der Waals surface area contributed by atoms with Crippen molar-refractivity contribution in [2.24, 2.45) is 0 Å². The Hall–Kier alpha value is -2.58. The molecule has 0 radical (unpaired) electrons. The number of halogens is 1. The predicted octanol–water partition coefficient (Wildman–Crippen LogP) is 4.14. The summed E-state index contributed by atoms with van der Waals surface area (Å²) in [5.74, 6) is -0.437. The van der Waals surface area contributed by atoms with Gasteiger partial charge in [0.1, 0.15) is 6.04 Å². The summed E-state index contributed by atoms with van der Waals surface area (Å²) in [5, 5.41) is 3.43. The fraction of sp³-hybridized carbons (Fsp3) is 0.440. The molecule has 2 rings (SSSR count). The van der Waals surface area contributed by atoms with Gasteiger partial charge in [-0.3, -0.25) is 13.9 Å². The van der Waals surface area contributed by atoms with Crippen LogP contribution in [0.4, 0.5) is 5.69 Å². The Morgan fingerprint density at radius 3 is 2.38 bits per heavy atom. The number of carbonyl (C=O) groups is 2. The normalized spacial score (nSPS) is 12.1. The van der Waals surface area contributed by atoms with Gasteiger partial charge >= 0.3 is 0 Å². The number of aryl methyl sites for hydroxylation is 1. The van der Waals surface area contributed by atoms with E-state index in [2.05, 4.69) is 5.32 Å². The molecule has 2 aromatic carbocycles. The van der Waals surface area contributed by atoms with Gasteiger partial charge < -0.3 is 10.2 Å². The topological polar surface area (TPSA) is 86.8 Å². The molecular weight excluding hydrogens is 474 g/mol. The van der Waals surface area contributed by atoms with Gasteiger partial charge in [-0.1, -0.05) is 42.8 Å². The lowest BCUT2D eigenvalue weighted by Crippen LogP contribution is -2.47. The highest BCUT2D eigenvalue weighted by atomic mass is 35.5. The number of benzene rings is 2. The first-order chi connectivity index (χ1) is 16.0. The van der Waals surface area contributed by atoms with Crippen molar-refractivity contribution in [3.63, 3.8) is 0 Å². The molecule has 2 aromatic rings. The number of nitrogens with one attached hydrogen (secondary N) is 1. The van der Waals surface area contributed by atoms with E-state index in [-0.39, 0.29) is 31.3 Å². The highest BCUT2D eigenvalue weighted by Gasteiger charge is 2.26. The van der Waals surface area contributed by atoms with Gasteiger partial charge in [0, 0.05) is 31.1 Å². The van der Waals surface area contributed by atoms with Crippen molar-refractivity contribution in [3.8, 4) is 0 Å². The fourth-order valence-corrected chi connectivity index (χ4v) is 4.64. The zero-order chi connectivity index (χ0) is 25.3. The van der Waals surface area contributed by atoms with Gasteiger partial charge in [0.2, 0.25) is 21.8 Å². The second kappa shape index (κ2) is 12.8. The molecule has 0 unspecified atom stereocenters. The number of sulfonamides is 1. The van der Waals surface area contributed by atoms with E-state index in [0.717, 1.165) is 23.8 Å². The van der Waals surface area contributed by atoms with Crippen LogP contribution in [0.5, 0.6) is 0 Å². The quantitative estimate of drug-likeness (QED) is 0.467. The van der Waals surface area contributed by atoms with Crippen LogP contribution in [0.3, 0.4) is 0 Å². The fourth-order valence-electron chi connectivity index (χ4n) is 3.55. The van der Waals surface area contributed by atoms with Crippen LogP contribution in [0.2, 0.25) is 5.02 Å². The van der Waals surface area contributed by atoms with E-state index in [1.165, 1.54) is 9.21 Å². The predicted molar refractivity (Wildman–Crippen MR) is 137 cm³/mol. The molecule has 7 nitrogen and oxygen atoms in total. The molecule has 0 saturated heterocycles. The molecule has 0 aromatic heterocycles. The van der Waals surface area contributed by atoms with Crippen LogP contribution < -0.4 is 9.62 Å². The summed E-state index contributed by atoms with van der Waals surface area (Å²) in [4.78, 5) is 27.4. The molecule has 0 saturated carbocycles. The van der Waals surface area contributed by atoms with Crippen molar-refractivity contribution in [2.45, 2.75) is 52.6 Å². The van der Waals surface area contributed by atoms with Crippen LogP contribution in [-0.4, -0.2) is 50.5 Å². The number of anilines is 1. The minimum Gasteiger partial charge on any atom is -0.354 e. The number of amides is 2. The summed E-state index contributed by atoms with van der Waals surface area (Å²) in [7, 11) is -3.51. The number of rotatable bonds is 12. The first-order valence-electron chi connectivity index (χ1n) is 11.4. The van der Waals surface area contributed by atoms with Crippen molar-refractivity contribution >= 4 is 39.1 Å². The van der Waals surface area contributed by atoms with E-state index in [1.807, 2.05) is 32.0 Å². The molecule has 9 heteroatoms. The number of hydrogen-bond donors (Lipinski definition) is 1. The molecule has 0 bridgehead atoms. The van der Waals surface area contributed by atoms with Crippen molar-refractivity contribution in [1.82, 2.24) is 10.2 Å². The Labute approximate surface area is 208 Å². The van der Waals surface area contributed by atoms with E-state index >= 15 is 0 Å². The summed E-state index contributed by atoms with van der Waals surface area (Å²) in [6.07, 6.45) is 2.38. The Morgan fingerprint density at radius 1 is 1.12 bits per heavy atom. The average Bonchev–Trinajstić information content (AvgIpc) is 2.78. The minimum absolute atomic E-state index is 0.108. The minimum atomic E-state index is -3.51. The molecule has 1 N–H and O–H groups in total. The zero-order valence-electron chi connectivity index (χ0n) is 20.3. The summed E-state index contributed by atoms with van der Waals surface area (Å²) in [6, 6.07) is 13.7. The third-order valence-corrected chi connectivity index (χ3v) is 6.87. The third-order valence-electron chi connectivity index (χ3n) is 5.42. The Bertz CT molecular complexity index is 1070. The van der Waals surface area contributed by atoms with E-state index in [0.29, 0.717) is 23.7 Å². The Kier molecular flexibility index (Phi) is 10.4. The molecule has 0 aliphatic heterocycles. The molecule has 1 atom stereocenters. The number of nitrogens with zero attached hydrogens (tertiary/aromatic N) is 2. The Balaban J connectivity index is 2.14. The first kappa shape index (κ1) is 27.7. The van der Waals surface area contributed by atoms with Gasteiger partial charge in [0.05, 0.1) is 11.9 Å². The molecule has 0 heterocycles. The maximum absolute atomic E-state index is 13.2. The van der Waals surface area contributed by atoms with Crippen molar-refractivity contribution in [3.05, 3.63) is 64.7 Å². The van der Waals surface area contributed by atoms with Crippen molar-refractivity contribution < 1.29 is 18.0 Å². The van der Waals surface area contributed by atoms with Crippen LogP contribution in [0.25, 0.3) is 0 Å². The average molecular weight is 508 g/mol. The zero-order valence-corrected chi connectivity index (χ0v) is 21.8. The maximum atomic E-state index is 13.2. The van der Waals surface area contributed by atoms with E-state index in [9.17, 15) is 18.0 Å². The number of carbonyl (C=O) groups excluding carboxylic acids is 2. The van der Waals surface area contributed by atoms with E-state index in [1.54, 1.807) is 37.3 Å². The lowest BCUT2D eigenvalue weighted by atomic mass is 10.1. The summed E-state index contributed by atoms with van der Waals surface area (Å²) in [6.45, 7) is 6.51. The van der Waals surface area contributed by atoms with Crippen molar-refractivity contribution in [2.75, 3.05) is 23.7 Å². The van der Waals surface area contributed by atoms with Gasteiger partial charge in [-0.15, -0.1) is 0 Å². The van der Waals surface area contributed by atoms with Crippen molar-refractivity contribution in [1.29, 1.82) is 0 Å². The summed E-state index contributed by atoms with van der Waals surface area (Å²) in [5.41, 5.74) is 2.37. The highest BCUT2D eigenvalue weighted by molar-refractivity contribution is 7.92. The standard InChI is InChI=1S/C25H34ClN3O4S/c1-5-15-27-25(31)20(3)28(18-21-11-13-22(26)14-12-21)24(30)10-7-16-29(34(4,32)33)23-9-6-8-19(2)17-23/h6,8-9,11-14,17,20H,5,7,10,15-16,18H2,1-4H3,(H,27,31)/t20-/m1/s1. The number of hydrogen-bond acceptors (Lipinski definition) is 4. The molecule has 0 fully saturated rings. The second-order valence-corrected chi connectivity index (χ2v) is 10.7.